The number of hydrogen-bond acceptors (Lipinski definition) is 3. The highest BCUT2D eigenvalue weighted by Gasteiger charge is 2.14. The van der Waals surface area contributed by atoms with Crippen molar-refractivity contribution < 1.29 is 0 Å². The van der Waals surface area contributed by atoms with E-state index in [4.69, 9.17) is 15.0 Å². The fraction of sp³-hybridized carbons (Fsp3) is 0.233. The van der Waals surface area contributed by atoms with Crippen LogP contribution in [0.1, 0.15) is 56.2 Å². The summed E-state index contributed by atoms with van der Waals surface area (Å²) in [5.74, 6) is 2.05. The van der Waals surface area contributed by atoms with Crippen molar-refractivity contribution in [3.05, 3.63) is 138 Å². The van der Waals surface area contributed by atoms with E-state index in [1.807, 2.05) is 60.7 Å². The first-order valence-corrected chi connectivity index (χ1v) is 17.2. The Hall–Kier alpha value is -5.09. The molecule has 0 N–H and O–H groups in total. The topological polar surface area (TPSA) is 43.6 Å². The molecule has 0 fully saturated rings. The van der Waals surface area contributed by atoms with E-state index in [0.717, 1.165) is 42.5 Å². The lowest BCUT2D eigenvalue weighted by atomic mass is 10.0. The quantitative estimate of drug-likeness (QED) is 0.137. The van der Waals surface area contributed by atoms with E-state index in [1.165, 1.54) is 64.2 Å². The Labute approximate surface area is 278 Å². The molecule has 0 atom stereocenters. The van der Waals surface area contributed by atoms with Gasteiger partial charge in [0.2, 0.25) is 0 Å². The standard InChI is InChI=1S/C43H42N4/c1-3-5-13-32-21-25-39-37(29-32)38-30-33(14-6-4-2)22-26-40(38)47(39)28-27-31-19-23-36(24-20-31)43-45-41(34-15-9-7-10-16-34)44-42(46-43)35-17-11-8-12-18-35/h7-12,15-26,29-30H,3-6,13-14,27-28H2,1-2H3. The largest absolute Gasteiger partial charge is 0.340 e. The van der Waals surface area contributed by atoms with Gasteiger partial charge in [0.1, 0.15) is 0 Å². The summed E-state index contributed by atoms with van der Waals surface area (Å²) in [6.07, 6.45) is 8.12. The molecule has 5 aromatic carbocycles. The van der Waals surface area contributed by atoms with Crippen LogP contribution in [0.25, 0.3) is 56.0 Å². The monoisotopic (exact) mass is 614 g/mol. The molecule has 7 aromatic rings. The van der Waals surface area contributed by atoms with Gasteiger partial charge in [-0.2, -0.15) is 0 Å². The van der Waals surface area contributed by atoms with Crippen molar-refractivity contribution in [3.8, 4) is 34.2 Å². The number of unbranched alkanes of at least 4 members (excludes halogenated alkanes) is 2. The molecule has 0 amide bonds. The zero-order chi connectivity index (χ0) is 32.0. The maximum Gasteiger partial charge on any atom is 0.164 e. The van der Waals surface area contributed by atoms with Crippen molar-refractivity contribution in [3.63, 3.8) is 0 Å². The molecule has 47 heavy (non-hydrogen) atoms. The molecule has 0 spiro atoms. The third kappa shape index (κ3) is 6.73. The van der Waals surface area contributed by atoms with Crippen molar-refractivity contribution in [2.45, 2.75) is 65.3 Å². The van der Waals surface area contributed by atoms with E-state index in [-0.39, 0.29) is 0 Å². The summed E-state index contributed by atoms with van der Waals surface area (Å²) in [7, 11) is 0. The highest BCUT2D eigenvalue weighted by atomic mass is 15.0. The highest BCUT2D eigenvalue weighted by molar-refractivity contribution is 6.08. The minimum atomic E-state index is 0.681. The van der Waals surface area contributed by atoms with Gasteiger partial charge in [0.05, 0.1) is 0 Å². The highest BCUT2D eigenvalue weighted by Crippen LogP contribution is 2.32. The Bertz CT molecular complexity index is 1970. The van der Waals surface area contributed by atoms with Gasteiger partial charge in [-0.3, -0.25) is 0 Å². The lowest BCUT2D eigenvalue weighted by Gasteiger charge is -2.10. The molecule has 7 rings (SSSR count). The van der Waals surface area contributed by atoms with Crippen LogP contribution in [0.2, 0.25) is 0 Å². The molecule has 0 aliphatic carbocycles. The normalized spacial score (nSPS) is 11.4. The summed E-state index contributed by atoms with van der Waals surface area (Å²) in [5, 5.41) is 2.78. The van der Waals surface area contributed by atoms with Gasteiger partial charge in [-0.15, -0.1) is 0 Å². The van der Waals surface area contributed by atoms with Crippen LogP contribution in [-0.4, -0.2) is 19.5 Å². The fourth-order valence-electron chi connectivity index (χ4n) is 6.51. The molecule has 234 valence electrons. The second-order valence-electron chi connectivity index (χ2n) is 12.5. The Morgan fingerprint density at radius 2 is 0.872 bits per heavy atom. The number of aryl methyl sites for hydroxylation is 4. The molecular formula is C43H42N4. The molecule has 2 heterocycles. The van der Waals surface area contributed by atoms with Crippen LogP contribution in [0.15, 0.2) is 121 Å². The molecule has 4 nitrogen and oxygen atoms in total. The van der Waals surface area contributed by atoms with Gasteiger partial charge < -0.3 is 4.57 Å². The SMILES string of the molecule is CCCCc1ccc2c(c1)c1cc(CCCC)ccc1n2CCc1ccc(-c2nc(-c3ccccc3)nc(-c3ccccc3)n2)cc1. The molecule has 0 saturated heterocycles. The smallest absolute Gasteiger partial charge is 0.164 e. The number of fused-ring (bicyclic) bond motifs is 3. The average Bonchev–Trinajstić information content (AvgIpc) is 3.44. The second kappa shape index (κ2) is 14.1. The maximum absolute atomic E-state index is 4.91. The first-order chi connectivity index (χ1) is 23.2. The van der Waals surface area contributed by atoms with E-state index >= 15 is 0 Å². The molecular weight excluding hydrogens is 573 g/mol. The van der Waals surface area contributed by atoms with Gasteiger partial charge in [-0.25, -0.2) is 15.0 Å². The molecule has 0 radical (unpaired) electrons. The Morgan fingerprint density at radius 1 is 0.447 bits per heavy atom. The Balaban J connectivity index is 1.18. The molecule has 0 saturated carbocycles. The summed E-state index contributed by atoms with van der Waals surface area (Å²) in [4.78, 5) is 14.7. The third-order valence-corrected chi connectivity index (χ3v) is 9.17. The van der Waals surface area contributed by atoms with Crippen LogP contribution in [0.5, 0.6) is 0 Å². The van der Waals surface area contributed by atoms with E-state index in [9.17, 15) is 0 Å². The van der Waals surface area contributed by atoms with E-state index in [1.54, 1.807) is 0 Å². The molecule has 0 unspecified atom stereocenters. The van der Waals surface area contributed by atoms with Gasteiger partial charge in [0.25, 0.3) is 0 Å². The Morgan fingerprint density at radius 3 is 1.32 bits per heavy atom. The Kier molecular flexibility index (Phi) is 9.19. The zero-order valence-corrected chi connectivity index (χ0v) is 27.5. The fourth-order valence-corrected chi connectivity index (χ4v) is 6.51. The second-order valence-corrected chi connectivity index (χ2v) is 12.5. The van der Waals surface area contributed by atoms with Gasteiger partial charge in [-0.1, -0.05) is 124 Å². The van der Waals surface area contributed by atoms with Crippen molar-refractivity contribution in [1.29, 1.82) is 0 Å². The zero-order valence-electron chi connectivity index (χ0n) is 27.5. The van der Waals surface area contributed by atoms with Gasteiger partial charge >= 0.3 is 0 Å². The van der Waals surface area contributed by atoms with E-state index < -0.39 is 0 Å². The van der Waals surface area contributed by atoms with Gasteiger partial charge in [0.15, 0.2) is 17.5 Å². The molecule has 4 heteroatoms. The van der Waals surface area contributed by atoms with Gasteiger partial charge in [0, 0.05) is 45.0 Å². The molecule has 0 bridgehead atoms. The number of aromatic nitrogens is 4. The summed E-state index contributed by atoms with van der Waals surface area (Å²) in [6.45, 7) is 5.46. The molecule has 0 aliphatic rings. The van der Waals surface area contributed by atoms with Crippen LogP contribution < -0.4 is 0 Å². The number of hydrogen-bond donors (Lipinski definition) is 0. The molecule has 0 aliphatic heterocycles. The van der Waals surface area contributed by atoms with Crippen LogP contribution in [0, 0.1) is 0 Å². The van der Waals surface area contributed by atoms with E-state index in [0.29, 0.717) is 17.5 Å². The number of rotatable bonds is 12. The summed E-state index contributed by atoms with van der Waals surface area (Å²) in [5.41, 5.74) is 9.78. The summed E-state index contributed by atoms with van der Waals surface area (Å²) >= 11 is 0. The number of benzene rings is 5. The van der Waals surface area contributed by atoms with Crippen molar-refractivity contribution in [2.75, 3.05) is 0 Å². The minimum absolute atomic E-state index is 0.681. The maximum atomic E-state index is 4.91. The van der Waals surface area contributed by atoms with Crippen LogP contribution in [0.3, 0.4) is 0 Å². The van der Waals surface area contributed by atoms with E-state index in [2.05, 4.69) is 79.1 Å². The lowest BCUT2D eigenvalue weighted by Crippen LogP contribution is -2.02. The third-order valence-electron chi connectivity index (χ3n) is 9.17. The average molecular weight is 615 g/mol. The van der Waals surface area contributed by atoms with Crippen molar-refractivity contribution >= 4 is 21.8 Å². The van der Waals surface area contributed by atoms with Crippen LogP contribution in [-0.2, 0) is 25.8 Å². The first kappa shape index (κ1) is 30.6. The van der Waals surface area contributed by atoms with Gasteiger partial charge in [-0.05, 0) is 73.1 Å². The summed E-state index contributed by atoms with van der Waals surface area (Å²) < 4.78 is 2.52. The lowest BCUT2D eigenvalue weighted by molar-refractivity contribution is 0.744. The predicted octanol–water partition coefficient (Wildman–Crippen LogP) is 10.9. The summed E-state index contributed by atoms with van der Waals surface area (Å²) in [6, 6.07) is 43.3. The number of nitrogens with zero attached hydrogens (tertiary/aromatic N) is 4. The first-order valence-electron chi connectivity index (χ1n) is 17.2. The minimum Gasteiger partial charge on any atom is -0.340 e. The van der Waals surface area contributed by atoms with Crippen LogP contribution >= 0.6 is 0 Å². The van der Waals surface area contributed by atoms with Crippen molar-refractivity contribution in [1.82, 2.24) is 19.5 Å². The van der Waals surface area contributed by atoms with Crippen molar-refractivity contribution in [2.24, 2.45) is 0 Å². The predicted molar refractivity (Wildman–Crippen MR) is 197 cm³/mol. The molecule has 2 aromatic heterocycles. The van der Waals surface area contributed by atoms with Crippen LogP contribution in [0.4, 0.5) is 0 Å².